The lowest BCUT2D eigenvalue weighted by atomic mass is 10.2. The van der Waals surface area contributed by atoms with Gasteiger partial charge in [0.1, 0.15) is 19.0 Å². The largest absolute Gasteiger partial charge is 0.492 e. The molecule has 4 nitrogen and oxygen atoms in total. The highest BCUT2D eigenvalue weighted by Crippen LogP contribution is 2.19. The number of nitrogens with zero attached hydrogens (tertiary/aromatic N) is 1. The van der Waals surface area contributed by atoms with Gasteiger partial charge in [0.25, 0.3) is 0 Å². The van der Waals surface area contributed by atoms with Crippen molar-refractivity contribution in [2.24, 2.45) is 0 Å². The molecule has 0 N–H and O–H groups in total. The van der Waals surface area contributed by atoms with Crippen molar-refractivity contribution in [2.75, 3.05) is 19.7 Å². The zero-order valence-electron chi connectivity index (χ0n) is 14.8. The van der Waals surface area contributed by atoms with Crippen molar-refractivity contribution in [2.45, 2.75) is 31.9 Å². The number of likely N-dealkylation sites (tertiary alicyclic amines) is 1. The van der Waals surface area contributed by atoms with E-state index in [2.05, 4.69) is 4.90 Å². The maximum Gasteiger partial charge on any atom is 0.307 e. The van der Waals surface area contributed by atoms with Crippen molar-refractivity contribution in [3.05, 3.63) is 65.2 Å². The Morgan fingerprint density at radius 1 is 1.04 bits per heavy atom. The maximum absolute atomic E-state index is 12.3. The van der Waals surface area contributed by atoms with Crippen LogP contribution >= 0.6 is 11.6 Å². The van der Waals surface area contributed by atoms with E-state index in [-0.39, 0.29) is 12.0 Å². The summed E-state index contributed by atoms with van der Waals surface area (Å²) in [5, 5.41) is 0.679. The van der Waals surface area contributed by atoms with Crippen molar-refractivity contribution < 1.29 is 14.3 Å². The Hall–Kier alpha value is -2.04. The molecular weight excluding hydrogens is 350 g/mol. The zero-order chi connectivity index (χ0) is 18.2. The Balaban J connectivity index is 1.53. The summed E-state index contributed by atoms with van der Waals surface area (Å²) >= 11 is 5.91. The van der Waals surface area contributed by atoms with Crippen molar-refractivity contribution in [3.8, 4) is 5.75 Å². The molecule has 1 heterocycles. The standard InChI is InChI=1S/C21H24ClNO3/c22-18-8-10-20(11-9-18)25-16-19(23-12-4-5-13-23)14-21(24)26-15-17-6-2-1-3-7-17/h1-3,6-11,19H,4-5,12-16H2. The maximum atomic E-state index is 12.3. The third-order valence-corrected chi connectivity index (χ3v) is 4.81. The van der Waals surface area contributed by atoms with E-state index in [9.17, 15) is 4.79 Å². The summed E-state index contributed by atoms with van der Waals surface area (Å²) in [4.78, 5) is 14.6. The molecule has 5 heteroatoms. The lowest BCUT2D eigenvalue weighted by Gasteiger charge is -2.26. The van der Waals surface area contributed by atoms with Crippen LogP contribution in [0.2, 0.25) is 5.02 Å². The van der Waals surface area contributed by atoms with E-state index in [4.69, 9.17) is 21.1 Å². The van der Waals surface area contributed by atoms with Crippen LogP contribution < -0.4 is 4.74 Å². The van der Waals surface area contributed by atoms with Gasteiger partial charge in [0.05, 0.1) is 12.5 Å². The number of carbonyl (C=O) groups is 1. The summed E-state index contributed by atoms with van der Waals surface area (Å²) in [7, 11) is 0. The van der Waals surface area contributed by atoms with E-state index in [0.717, 1.165) is 37.2 Å². The Labute approximate surface area is 159 Å². The van der Waals surface area contributed by atoms with Crippen LogP contribution in [0.1, 0.15) is 24.8 Å². The van der Waals surface area contributed by atoms with E-state index in [1.807, 2.05) is 42.5 Å². The van der Waals surface area contributed by atoms with Gasteiger partial charge in [0.2, 0.25) is 0 Å². The summed E-state index contributed by atoms with van der Waals surface area (Å²) in [5.41, 5.74) is 0.996. The molecule has 0 bridgehead atoms. The van der Waals surface area contributed by atoms with Crippen molar-refractivity contribution >= 4 is 17.6 Å². The number of hydrogen-bond acceptors (Lipinski definition) is 4. The summed E-state index contributed by atoms with van der Waals surface area (Å²) in [6, 6.07) is 17.1. The summed E-state index contributed by atoms with van der Waals surface area (Å²) in [6.45, 7) is 2.77. The molecular formula is C21H24ClNO3. The van der Waals surface area contributed by atoms with Crippen LogP contribution in [0.4, 0.5) is 0 Å². The molecule has 1 atom stereocenters. The van der Waals surface area contributed by atoms with Crippen molar-refractivity contribution in [3.63, 3.8) is 0 Å². The lowest BCUT2D eigenvalue weighted by Crippen LogP contribution is -2.39. The molecule has 1 unspecified atom stereocenters. The molecule has 2 aromatic carbocycles. The van der Waals surface area contributed by atoms with Crippen LogP contribution in [0.3, 0.4) is 0 Å². The minimum Gasteiger partial charge on any atom is -0.492 e. The fourth-order valence-corrected chi connectivity index (χ4v) is 3.24. The fourth-order valence-electron chi connectivity index (χ4n) is 3.11. The number of benzene rings is 2. The third-order valence-electron chi connectivity index (χ3n) is 4.56. The molecule has 26 heavy (non-hydrogen) atoms. The highest BCUT2D eigenvalue weighted by atomic mass is 35.5. The van der Waals surface area contributed by atoms with E-state index >= 15 is 0 Å². The molecule has 0 radical (unpaired) electrons. The third kappa shape index (κ3) is 5.75. The molecule has 0 spiro atoms. The quantitative estimate of drug-likeness (QED) is 0.646. The van der Waals surface area contributed by atoms with Crippen molar-refractivity contribution in [1.29, 1.82) is 0 Å². The topological polar surface area (TPSA) is 38.8 Å². The SMILES string of the molecule is O=C(CC(COc1ccc(Cl)cc1)N1CCCC1)OCc1ccccc1. The molecule has 138 valence electrons. The molecule has 0 aromatic heterocycles. The van der Waals surface area contributed by atoms with Gasteiger partial charge in [-0.1, -0.05) is 41.9 Å². The highest BCUT2D eigenvalue weighted by molar-refractivity contribution is 6.30. The number of esters is 1. The zero-order valence-corrected chi connectivity index (χ0v) is 15.5. The molecule has 2 aromatic rings. The van der Waals surface area contributed by atoms with Gasteiger partial charge in [-0.3, -0.25) is 9.69 Å². The van der Waals surface area contributed by atoms with Crippen LogP contribution in [0.5, 0.6) is 5.75 Å². The second-order valence-corrected chi connectivity index (χ2v) is 6.95. The molecule has 1 aliphatic rings. The first-order chi connectivity index (χ1) is 12.7. The van der Waals surface area contributed by atoms with Crippen LogP contribution in [0.15, 0.2) is 54.6 Å². The number of halogens is 1. The van der Waals surface area contributed by atoms with Gasteiger partial charge in [0.15, 0.2) is 0 Å². The fraction of sp³-hybridized carbons (Fsp3) is 0.381. The predicted molar refractivity (Wildman–Crippen MR) is 102 cm³/mol. The first-order valence-electron chi connectivity index (χ1n) is 9.03. The lowest BCUT2D eigenvalue weighted by molar-refractivity contribution is -0.146. The molecule has 1 saturated heterocycles. The van der Waals surface area contributed by atoms with Crippen LogP contribution in [-0.4, -0.2) is 36.6 Å². The van der Waals surface area contributed by atoms with E-state index in [1.165, 1.54) is 0 Å². The summed E-state index contributed by atoms with van der Waals surface area (Å²) < 4.78 is 11.3. The normalized spacial score (nSPS) is 15.6. The second-order valence-electron chi connectivity index (χ2n) is 6.51. The molecule has 1 aliphatic heterocycles. The first-order valence-corrected chi connectivity index (χ1v) is 9.40. The van der Waals surface area contributed by atoms with Gasteiger partial charge < -0.3 is 9.47 Å². The minimum absolute atomic E-state index is 0.0245. The molecule has 0 saturated carbocycles. The average Bonchev–Trinajstić information content (AvgIpc) is 3.20. The molecule has 0 aliphatic carbocycles. The average molecular weight is 374 g/mol. The minimum atomic E-state index is -0.189. The Kier molecular flexibility index (Phi) is 6.92. The molecule has 0 amide bonds. The van der Waals surface area contributed by atoms with Gasteiger partial charge in [-0.2, -0.15) is 0 Å². The van der Waals surface area contributed by atoms with Gasteiger partial charge in [0, 0.05) is 5.02 Å². The van der Waals surface area contributed by atoms with Crippen LogP contribution in [0, 0.1) is 0 Å². The second kappa shape index (κ2) is 9.60. The van der Waals surface area contributed by atoms with E-state index in [0.29, 0.717) is 24.7 Å². The van der Waals surface area contributed by atoms with Gasteiger partial charge in [-0.05, 0) is 55.8 Å². The Bertz CT molecular complexity index is 684. The highest BCUT2D eigenvalue weighted by Gasteiger charge is 2.25. The summed E-state index contributed by atoms with van der Waals surface area (Å²) in [5.74, 6) is 0.571. The van der Waals surface area contributed by atoms with Crippen molar-refractivity contribution in [1.82, 2.24) is 4.90 Å². The van der Waals surface area contributed by atoms with Gasteiger partial charge >= 0.3 is 5.97 Å². The summed E-state index contributed by atoms with van der Waals surface area (Å²) in [6.07, 6.45) is 2.66. The Morgan fingerprint density at radius 3 is 2.42 bits per heavy atom. The number of rotatable bonds is 8. The van der Waals surface area contributed by atoms with Gasteiger partial charge in [-0.15, -0.1) is 0 Å². The first kappa shape index (κ1) is 18.7. The number of ether oxygens (including phenoxy) is 2. The van der Waals surface area contributed by atoms with Gasteiger partial charge in [-0.25, -0.2) is 0 Å². The van der Waals surface area contributed by atoms with E-state index in [1.54, 1.807) is 12.1 Å². The van der Waals surface area contributed by atoms with Crippen LogP contribution in [-0.2, 0) is 16.1 Å². The molecule has 1 fully saturated rings. The smallest absolute Gasteiger partial charge is 0.307 e. The van der Waals surface area contributed by atoms with E-state index < -0.39 is 0 Å². The number of carbonyl (C=O) groups excluding carboxylic acids is 1. The monoisotopic (exact) mass is 373 g/mol. The van der Waals surface area contributed by atoms with Crippen LogP contribution in [0.25, 0.3) is 0 Å². The molecule has 3 rings (SSSR count). The number of hydrogen-bond donors (Lipinski definition) is 0. The Morgan fingerprint density at radius 2 is 1.73 bits per heavy atom. The predicted octanol–water partition coefficient (Wildman–Crippen LogP) is 4.32.